The van der Waals surface area contributed by atoms with Crippen LogP contribution >= 0.6 is 0 Å². The maximum atomic E-state index is 11.5. The first kappa shape index (κ1) is 10.9. The number of carbonyl (C=O) groups excluding carboxylic acids is 1. The zero-order chi connectivity index (χ0) is 10.9. The van der Waals surface area contributed by atoms with Crippen LogP contribution in [0.1, 0.15) is 25.7 Å². The molecule has 1 aliphatic carbocycles. The van der Waals surface area contributed by atoms with Crippen molar-refractivity contribution in [3.05, 3.63) is 0 Å². The zero-order valence-electron chi connectivity index (χ0n) is 9.11. The number of hydrogen-bond acceptors (Lipinski definition) is 3. The molecule has 2 aliphatic rings. The van der Waals surface area contributed by atoms with Crippen LogP contribution in [0.3, 0.4) is 0 Å². The quantitative estimate of drug-likeness (QED) is 0.675. The van der Waals surface area contributed by atoms with E-state index >= 15 is 0 Å². The molecule has 1 amide bonds. The van der Waals surface area contributed by atoms with E-state index in [0.717, 1.165) is 19.4 Å². The van der Waals surface area contributed by atoms with E-state index < -0.39 is 0 Å². The van der Waals surface area contributed by atoms with Gasteiger partial charge < -0.3 is 15.7 Å². The summed E-state index contributed by atoms with van der Waals surface area (Å²) in [5.41, 5.74) is 5.36. The highest BCUT2D eigenvalue weighted by atomic mass is 16.3. The second-order valence-electron chi connectivity index (χ2n) is 4.94. The predicted molar refractivity (Wildman–Crippen MR) is 57.1 cm³/mol. The monoisotopic (exact) mass is 212 g/mol. The van der Waals surface area contributed by atoms with Crippen LogP contribution in [0.4, 0.5) is 0 Å². The first-order valence-corrected chi connectivity index (χ1v) is 5.80. The van der Waals surface area contributed by atoms with E-state index in [2.05, 4.69) is 0 Å². The van der Waals surface area contributed by atoms with Crippen LogP contribution in [0.15, 0.2) is 0 Å². The fraction of sp³-hybridized carbons (Fsp3) is 0.909. The van der Waals surface area contributed by atoms with Crippen LogP contribution in [0, 0.1) is 11.3 Å². The highest BCUT2D eigenvalue weighted by Gasteiger charge is 2.48. The first-order chi connectivity index (χ1) is 7.22. The molecule has 2 rings (SSSR count). The average Bonchev–Trinajstić information content (AvgIpc) is 2.67. The van der Waals surface area contributed by atoms with Crippen molar-refractivity contribution >= 4 is 5.91 Å². The van der Waals surface area contributed by atoms with Crippen LogP contribution in [-0.4, -0.2) is 42.2 Å². The number of nitrogens with zero attached hydrogens (tertiary/aromatic N) is 1. The van der Waals surface area contributed by atoms with E-state index in [-0.39, 0.29) is 24.5 Å². The van der Waals surface area contributed by atoms with Crippen molar-refractivity contribution in [3.8, 4) is 0 Å². The predicted octanol–water partition coefficient (Wildman–Crippen LogP) is -0.0438. The Labute approximate surface area is 90.4 Å². The minimum Gasteiger partial charge on any atom is -0.396 e. The van der Waals surface area contributed by atoms with Crippen molar-refractivity contribution in [3.63, 3.8) is 0 Å². The number of nitrogens with two attached hydrogens (primary N) is 1. The van der Waals surface area contributed by atoms with Gasteiger partial charge in [0.2, 0.25) is 5.91 Å². The lowest BCUT2D eigenvalue weighted by atomic mass is 9.69. The molecule has 1 saturated heterocycles. The number of rotatable bonds is 2. The molecule has 0 radical (unpaired) electrons. The minimum atomic E-state index is -0.0108. The largest absolute Gasteiger partial charge is 0.396 e. The number of aliphatic hydroxyl groups is 1. The van der Waals surface area contributed by atoms with Crippen LogP contribution in [0.5, 0.6) is 0 Å². The molecule has 0 unspecified atom stereocenters. The summed E-state index contributed by atoms with van der Waals surface area (Å²) in [6, 6.07) is 0. The summed E-state index contributed by atoms with van der Waals surface area (Å²) in [5, 5.41) is 9.55. The molecule has 0 aromatic rings. The van der Waals surface area contributed by atoms with Gasteiger partial charge in [0.25, 0.3) is 0 Å². The van der Waals surface area contributed by atoms with Crippen LogP contribution in [0.2, 0.25) is 0 Å². The van der Waals surface area contributed by atoms with E-state index in [0.29, 0.717) is 12.5 Å². The summed E-state index contributed by atoms with van der Waals surface area (Å²) in [5.74, 6) is 0.518. The fourth-order valence-electron chi connectivity index (χ4n) is 3.16. The van der Waals surface area contributed by atoms with E-state index in [9.17, 15) is 9.90 Å². The normalized spacial score (nSPS) is 35.3. The summed E-state index contributed by atoms with van der Waals surface area (Å²) in [6.45, 7) is 1.82. The van der Waals surface area contributed by atoms with E-state index in [1.54, 1.807) is 0 Å². The number of likely N-dealkylation sites (tertiary alicyclic amines) is 1. The molecule has 1 aliphatic heterocycles. The number of fused-ring (bicyclic) bond motifs is 1. The maximum Gasteiger partial charge on any atom is 0.236 e. The van der Waals surface area contributed by atoms with Gasteiger partial charge in [-0.15, -0.1) is 0 Å². The van der Waals surface area contributed by atoms with Gasteiger partial charge in [-0.25, -0.2) is 0 Å². The number of hydrogen-bond donors (Lipinski definition) is 2. The topological polar surface area (TPSA) is 66.6 Å². The minimum absolute atomic E-state index is 0.0108. The molecule has 0 aromatic carbocycles. The molecule has 1 heterocycles. The Hall–Kier alpha value is -0.610. The molecule has 3 N–H and O–H groups in total. The van der Waals surface area contributed by atoms with E-state index in [1.165, 1.54) is 12.8 Å². The molecule has 2 fully saturated rings. The van der Waals surface area contributed by atoms with Gasteiger partial charge >= 0.3 is 0 Å². The summed E-state index contributed by atoms with van der Waals surface area (Å²) >= 11 is 0. The van der Waals surface area contributed by atoms with Gasteiger partial charge in [0.05, 0.1) is 13.2 Å². The lowest BCUT2D eigenvalue weighted by Crippen LogP contribution is -2.38. The van der Waals surface area contributed by atoms with Gasteiger partial charge in [-0.1, -0.05) is 12.8 Å². The van der Waals surface area contributed by atoms with Crippen molar-refractivity contribution < 1.29 is 9.90 Å². The Balaban J connectivity index is 2.10. The van der Waals surface area contributed by atoms with Gasteiger partial charge in [0, 0.05) is 18.5 Å². The lowest BCUT2D eigenvalue weighted by Gasteiger charge is -2.36. The van der Waals surface area contributed by atoms with Gasteiger partial charge in [0.1, 0.15) is 0 Å². The van der Waals surface area contributed by atoms with Crippen molar-refractivity contribution in [2.75, 3.05) is 26.2 Å². The fourth-order valence-corrected chi connectivity index (χ4v) is 3.16. The van der Waals surface area contributed by atoms with Crippen molar-refractivity contribution in [1.82, 2.24) is 4.90 Å². The smallest absolute Gasteiger partial charge is 0.236 e. The first-order valence-electron chi connectivity index (χ1n) is 5.80. The van der Waals surface area contributed by atoms with E-state index in [4.69, 9.17) is 5.73 Å². The Kier molecular flexibility index (Phi) is 2.98. The lowest BCUT2D eigenvalue weighted by molar-refractivity contribution is -0.129. The summed E-state index contributed by atoms with van der Waals surface area (Å²) in [7, 11) is 0. The van der Waals surface area contributed by atoms with E-state index in [1.807, 2.05) is 4.90 Å². The second kappa shape index (κ2) is 4.10. The standard InChI is InChI=1S/C11H20N2O2/c12-5-10(15)13-6-9-3-1-2-4-11(9,7-13)8-14/h9,14H,1-8,12H2/t9-,11+/m1/s1. The maximum absolute atomic E-state index is 11.5. The van der Waals surface area contributed by atoms with Crippen molar-refractivity contribution in [2.45, 2.75) is 25.7 Å². The number of amides is 1. The summed E-state index contributed by atoms with van der Waals surface area (Å²) in [4.78, 5) is 13.4. The van der Waals surface area contributed by atoms with Crippen molar-refractivity contribution in [2.24, 2.45) is 17.1 Å². The molecule has 1 saturated carbocycles. The Morgan fingerprint density at radius 1 is 1.53 bits per heavy atom. The third-order valence-electron chi connectivity index (χ3n) is 4.13. The van der Waals surface area contributed by atoms with Gasteiger partial charge in [-0.3, -0.25) is 4.79 Å². The van der Waals surface area contributed by atoms with Gasteiger partial charge in [-0.05, 0) is 18.8 Å². The number of aliphatic hydroxyl groups excluding tert-OH is 1. The summed E-state index contributed by atoms with van der Waals surface area (Å²) < 4.78 is 0. The Bertz CT molecular complexity index is 257. The SMILES string of the molecule is NCC(=O)N1C[C@H]2CCCC[C@@]2(CO)C1. The molecule has 0 aromatic heterocycles. The number of carbonyl (C=O) groups is 1. The second-order valence-corrected chi connectivity index (χ2v) is 4.94. The van der Waals surface area contributed by atoms with Crippen LogP contribution in [-0.2, 0) is 4.79 Å². The molecule has 4 nitrogen and oxygen atoms in total. The molecule has 0 spiro atoms. The van der Waals surface area contributed by atoms with Gasteiger partial charge in [0.15, 0.2) is 0 Å². The van der Waals surface area contributed by atoms with Crippen LogP contribution < -0.4 is 5.73 Å². The third-order valence-corrected chi connectivity index (χ3v) is 4.13. The molecule has 2 atom stereocenters. The highest BCUT2D eigenvalue weighted by molar-refractivity contribution is 5.78. The highest BCUT2D eigenvalue weighted by Crippen LogP contribution is 2.46. The summed E-state index contributed by atoms with van der Waals surface area (Å²) in [6.07, 6.45) is 4.62. The Morgan fingerprint density at radius 2 is 2.33 bits per heavy atom. The molecule has 4 heteroatoms. The Morgan fingerprint density at radius 3 is 2.93 bits per heavy atom. The molecule has 86 valence electrons. The molecule has 0 bridgehead atoms. The molecular formula is C11H20N2O2. The van der Waals surface area contributed by atoms with Crippen LogP contribution in [0.25, 0.3) is 0 Å². The average molecular weight is 212 g/mol. The third kappa shape index (κ3) is 1.76. The zero-order valence-corrected chi connectivity index (χ0v) is 9.11. The van der Waals surface area contributed by atoms with Gasteiger partial charge in [-0.2, -0.15) is 0 Å². The molecule has 15 heavy (non-hydrogen) atoms. The van der Waals surface area contributed by atoms with Crippen molar-refractivity contribution in [1.29, 1.82) is 0 Å². The molecular weight excluding hydrogens is 192 g/mol.